The predicted octanol–water partition coefficient (Wildman–Crippen LogP) is 0.0435. The quantitative estimate of drug-likeness (QED) is 0.665. The van der Waals surface area contributed by atoms with E-state index in [1.165, 1.54) is 12.0 Å². The molecule has 0 aliphatic carbocycles. The van der Waals surface area contributed by atoms with Crippen molar-refractivity contribution in [3.63, 3.8) is 0 Å². The van der Waals surface area contributed by atoms with Crippen molar-refractivity contribution in [2.24, 2.45) is 0 Å². The van der Waals surface area contributed by atoms with Crippen LogP contribution in [0.4, 0.5) is 4.79 Å². The highest BCUT2D eigenvalue weighted by molar-refractivity contribution is 5.74. The van der Waals surface area contributed by atoms with Crippen molar-refractivity contribution in [3.8, 4) is 0 Å². The lowest BCUT2D eigenvalue weighted by atomic mass is 10.3. The van der Waals surface area contributed by atoms with Crippen molar-refractivity contribution >= 4 is 6.03 Å². The molecule has 2 amide bonds. The van der Waals surface area contributed by atoms with Crippen LogP contribution in [0.1, 0.15) is 13.8 Å². The smallest absolute Gasteiger partial charge is 0.317 e. The summed E-state index contributed by atoms with van der Waals surface area (Å²) in [6.07, 6.45) is -0.636. The molecule has 0 bridgehead atoms. The van der Waals surface area contributed by atoms with E-state index in [1.54, 1.807) is 7.05 Å². The zero-order valence-electron chi connectivity index (χ0n) is 9.28. The summed E-state index contributed by atoms with van der Waals surface area (Å²) in [5, 5.41) is 12.1. The number of amides is 2. The van der Waals surface area contributed by atoms with E-state index in [0.717, 1.165) is 0 Å². The molecule has 5 nitrogen and oxygen atoms in total. The van der Waals surface area contributed by atoms with Crippen LogP contribution in [0.2, 0.25) is 0 Å². The Morgan fingerprint density at radius 2 is 2.14 bits per heavy atom. The van der Waals surface area contributed by atoms with Crippen LogP contribution in [0.25, 0.3) is 0 Å². The number of aliphatic hydroxyl groups is 1. The number of carbonyl (C=O) groups is 1. The minimum absolute atomic E-state index is 0.101. The molecule has 84 valence electrons. The number of carbonyl (C=O) groups excluding carboxylic acids is 1. The standard InChI is InChI=1S/C9H20N2O3/c1-7(2)10-9(13)11(3)5-8(12)6-14-4/h7-8,12H,5-6H2,1-4H3,(H,10,13). The largest absolute Gasteiger partial charge is 0.389 e. The van der Waals surface area contributed by atoms with Crippen LogP contribution in [0.5, 0.6) is 0 Å². The van der Waals surface area contributed by atoms with E-state index < -0.39 is 6.10 Å². The van der Waals surface area contributed by atoms with Crippen molar-refractivity contribution in [1.29, 1.82) is 0 Å². The van der Waals surface area contributed by atoms with Crippen LogP contribution in [-0.2, 0) is 4.74 Å². The monoisotopic (exact) mass is 204 g/mol. The fraction of sp³-hybridized carbons (Fsp3) is 0.889. The molecule has 2 N–H and O–H groups in total. The number of aliphatic hydroxyl groups excluding tert-OH is 1. The molecule has 0 saturated carbocycles. The Bertz CT molecular complexity index is 173. The molecule has 0 aromatic rings. The van der Waals surface area contributed by atoms with Gasteiger partial charge >= 0.3 is 6.03 Å². The van der Waals surface area contributed by atoms with Gasteiger partial charge < -0.3 is 20.1 Å². The first-order valence-electron chi connectivity index (χ1n) is 4.66. The molecule has 0 spiro atoms. The molecule has 0 radical (unpaired) electrons. The van der Waals surface area contributed by atoms with Gasteiger partial charge in [-0.1, -0.05) is 0 Å². The van der Waals surface area contributed by atoms with Gasteiger partial charge in [0.05, 0.1) is 19.3 Å². The molecule has 0 aromatic heterocycles. The van der Waals surface area contributed by atoms with Gasteiger partial charge in [-0.15, -0.1) is 0 Å². The van der Waals surface area contributed by atoms with Crippen molar-refractivity contribution < 1.29 is 14.6 Å². The van der Waals surface area contributed by atoms with Crippen molar-refractivity contribution in [2.75, 3.05) is 27.3 Å². The highest BCUT2D eigenvalue weighted by Gasteiger charge is 2.13. The average Bonchev–Trinajstić information content (AvgIpc) is 2.02. The number of likely N-dealkylation sites (N-methyl/N-ethyl adjacent to an activating group) is 1. The summed E-state index contributed by atoms with van der Waals surface area (Å²) in [7, 11) is 3.15. The van der Waals surface area contributed by atoms with E-state index in [0.29, 0.717) is 0 Å². The van der Waals surface area contributed by atoms with Gasteiger partial charge in [0.25, 0.3) is 0 Å². The second-order valence-electron chi connectivity index (χ2n) is 3.59. The van der Waals surface area contributed by atoms with Crippen LogP contribution in [-0.4, -0.2) is 55.5 Å². The molecule has 0 heterocycles. The number of hydrogen-bond acceptors (Lipinski definition) is 3. The van der Waals surface area contributed by atoms with Crippen LogP contribution in [0, 0.1) is 0 Å². The molecule has 0 saturated heterocycles. The summed E-state index contributed by atoms with van der Waals surface area (Å²) < 4.78 is 4.76. The summed E-state index contributed by atoms with van der Waals surface area (Å²) in [6, 6.07) is -0.0836. The molecule has 0 rings (SSSR count). The van der Waals surface area contributed by atoms with Gasteiger partial charge in [0.15, 0.2) is 0 Å². The summed E-state index contributed by atoms with van der Waals surface area (Å²) in [5.41, 5.74) is 0. The van der Waals surface area contributed by atoms with E-state index in [9.17, 15) is 9.90 Å². The number of nitrogens with one attached hydrogen (secondary N) is 1. The maximum Gasteiger partial charge on any atom is 0.317 e. The summed E-state index contributed by atoms with van der Waals surface area (Å²) in [4.78, 5) is 12.8. The van der Waals surface area contributed by atoms with E-state index in [1.807, 2.05) is 13.8 Å². The number of methoxy groups -OCH3 is 1. The Labute approximate surface area is 85.0 Å². The maximum absolute atomic E-state index is 11.4. The van der Waals surface area contributed by atoms with Gasteiger partial charge in [-0.25, -0.2) is 4.79 Å². The maximum atomic E-state index is 11.4. The molecule has 14 heavy (non-hydrogen) atoms. The Hall–Kier alpha value is -0.810. The lowest BCUT2D eigenvalue weighted by Gasteiger charge is -2.22. The SMILES string of the molecule is COCC(O)CN(C)C(=O)NC(C)C. The number of ether oxygens (including phenoxy) is 1. The molecule has 1 atom stereocenters. The first-order chi connectivity index (χ1) is 6.47. The first-order valence-corrected chi connectivity index (χ1v) is 4.66. The third-order valence-corrected chi connectivity index (χ3v) is 1.60. The second-order valence-corrected chi connectivity index (χ2v) is 3.59. The van der Waals surface area contributed by atoms with Crippen molar-refractivity contribution in [2.45, 2.75) is 26.0 Å². The van der Waals surface area contributed by atoms with E-state index in [2.05, 4.69) is 5.32 Å². The number of nitrogens with zero attached hydrogens (tertiary/aromatic N) is 1. The van der Waals surface area contributed by atoms with Crippen LogP contribution >= 0.6 is 0 Å². The average molecular weight is 204 g/mol. The zero-order chi connectivity index (χ0) is 11.1. The van der Waals surface area contributed by atoms with E-state index >= 15 is 0 Å². The molecule has 0 fully saturated rings. The van der Waals surface area contributed by atoms with Gasteiger partial charge in [-0.3, -0.25) is 0 Å². The molecule has 0 aliphatic heterocycles. The number of urea groups is 1. The Kier molecular flexibility index (Phi) is 6.23. The van der Waals surface area contributed by atoms with Gasteiger partial charge in [-0.2, -0.15) is 0 Å². The number of rotatable bonds is 5. The third kappa shape index (κ3) is 5.77. The van der Waals surface area contributed by atoms with Crippen molar-refractivity contribution in [1.82, 2.24) is 10.2 Å². The summed E-state index contributed by atoms with van der Waals surface area (Å²) in [5.74, 6) is 0. The molecule has 1 unspecified atom stereocenters. The van der Waals surface area contributed by atoms with Crippen LogP contribution < -0.4 is 5.32 Å². The van der Waals surface area contributed by atoms with Crippen molar-refractivity contribution in [3.05, 3.63) is 0 Å². The minimum Gasteiger partial charge on any atom is -0.389 e. The van der Waals surface area contributed by atoms with E-state index in [4.69, 9.17) is 4.74 Å². The molecule has 5 heteroatoms. The van der Waals surface area contributed by atoms with Gasteiger partial charge in [0.2, 0.25) is 0 Å². The van der Waals surface area contributed by atoms with Gasteiger partial charge in [0.1, 0.15) is 0 Å². The zero-order valence-corrected chi connectivity index (χ0v) is 9.28. The minimum atomic E-state index is -0.636. The predicted molar refractivity (Wildman–Crippen MR) is 54.2 cm³/mol. The van der Waals surface area contributed by atoms with Crippen LogP contribution in [0.3, 0.4) is 0 Å². The topological polar surface area (TPSA) is 61.8 Å². The Morgan fingerprint density at radius 3 is 2.57 bits per heavy atom. The molecular formula is C9H20N2O3. The number of hydrogen-bond donors (Lipinski definition) is 2. The van der Waals surface area contributed by atoms with Crippen LogP contribution in [0.15, 0.2) is 0 Å². The highest BCUT2D eigenvalue weighted by atomic mass is 16.5. The Balaban J connectivity index is 3.82. The van der Waals surface area contributed by atoms with E-state index in [-0.39, 0.29) is 25.2 Å². The Morgan fingerprint density at radius 1 is 1.57 bits per heavy atom. The highest BCUT2D eigenvalue weighted by Crippen LogP contribution is 1.92. The fourth-order valence-electron chi connectivity index (χ4n) is 1.00. The molecule has 0 aliphatic rings. The summed E-state index contributed by atoms with van der Waals surface area (Å²) in [6.45, 7) is 4.28. The van der Waals surface area contributed by atoms with Gasteiger partial charge in [-0.05, 0) is 13.8 Å². The lowest BCUT2D eigenvalue weighted by molar-refractivity contribution is 0.0488. The molecular weight excluding hydrogens is 184 g/mol. The lowest BCUT2D eigenvalue weighted by Crippen LogP contribution is -2.44. The second kappa shape index (κ2) is 6.62. The third-order valence-electron chi connectivity index (χ3n) is 1.60. The van der Waals surface area contributed by atoms with Gasteiger partial charge in [0, 0.05) is 20.2 Å². The normalized spacial score (nSPS) is 12.7. The fourth-order valence-corrected chi connectivity index (χ4v) is 1.00. The first kappa shape index (κ1) is 13.2. The molecule has 0 aromatic carbocycles. The summed E-state index contributed by atoms with van der Waals surface area (Å²) >= 11 is 0.